The predicted molar refractivity (Wildman–Crippen MR) is 132 cm³/mol. The van der Waals surface area contributed by atoms with Gasteiger partial charge in [-0.3, -0.25) is 9.52 Å². The van der Waals surface area contributed by atoms with E-state index in [0.29, 0.717) is 38.8 Å². The molecular weight excluding hydrogens is 746 g/mol. The first-order chi connectivity index (χ1) is 13.1. The van der Waals surface area contributed by atoms with Gasteiger partial charge in [0.2, 0.25) is 15.9 Å². The normalized spacial score (nSPS) is 9.67. The Labute approximate surface area is 234 Å². The summed E-state index contributed by atoms with van der Waals surface area (Å²) in [6.45, 7) is 3.69. The van der Waals surface area contributed by atoms with Crippen LogP contribution in [-0.4, -0.2) is 32.5 Å². The van der Waals surface area contributed by atoms with Crippen LogP contribution in [0.1, 0.15) is 18.1 Å². The molecule has 0 aliphatic rings. The van der Waals surface area contributed by atoms with Crippen molar-refractivity contribution in [3.8, 4) is 11.5 Å². The van der Waals surface area contributed by atoms with Crippen molar-refractivity contribution in [2.24, 2.45) is 0 Å². The summed E-state index contributed by atoms with van der Waals surface area (Å²) in [5.41, 5.74) is 2.10. The standard InChI is InChI=1S/C18H21N2O4S.CH3.2HI.V.Y/c1-13-5-8-17(9-6-13)24-18-10-7-16(19-25(4,22)23)11-15(18)12-20(3)14(2)21;;;;;/h5,7-11,19H,12H2,1-4H3;1H3;2*1H;;/q2*-1;;;+2;/p-2. The summed E-state index contributed by atoms with van der Waals surface area (Å²) in [6, 6.07) is 13.5. The molecule has 0 aliphatic carbocycles. The molecule has 6 nitrogen and oxygen atoms in total. The van der Waals surface area contributed by atoms with Crippen LogP contribution in [-0.2, 0) is 63.5 Å². The molecule has 0 bridgehead atoms. The molecule has 1 radical (unpaired) electrons. The van der Waals surface area contributed by atoms with Crippen molar-refractivity contribution in [2.45, 2.75) is 20.4 Å². The molecule has 0 saturated carbocycles. The first-order valence-corrected chi connectivity index (χ1v) is 18.9. The van der Waals surface area contributed by atoms with Crippen LogP contribution in [0.25, 0.3) is 0 Å². The number of nitrogens with zero attached hydrogens (tertiary/aromatic N) is 1. The van der Waals surface area contributed by atoms with Gasteiger partial charge in [0.1, 0.15) is 5.75 Å². The fraction of sp³-hybridized carbons (Fsp3) is 0.263. The van der Waals surface area contributed by atoms with Crippen molar-refractivity contribution in [3.63, 3.8) is 0 Å². The number of hydrogen-bond acceptors (Lipinski definition) is 4. The fourth-order valence-corrected chi connectivity index (χ4v) is 2.68. The maximum absolute atomic E-state index is 11.5. The van der Waals surface area contributed by atoms with Gasteiger partial charge in [0.25, 0.3) is 0 Å². The molecule has 0 fully saturated rings. The van der Waals surface area contributed by atoms with E-state index in [0.717, 1.165) is 11.8 Å². The SMILES string of the molecule is CC(=O)N(C)Cc1cc(NS(C)(=O)=O)ccc1Oc1c[c-]c(C)cc1.[CH3-].[I][V][I].[Y]. The van der Waals surface area contributed by atoms with Gasteiger partial charge in [-0.15, -0.1) is 12.1 Å². The summed E-state index contributed by atoms with van der Waals surface area (Å²) in [5.74, 6) is 1.06. The van der Waals surface area contributed by atoms with Crippen molar-refractivity contribution in [2.75, 3.05) is 18.0 Å². The number of nitrogens with one attached hydrogen (secondary N) is 1. The third-order valence-corrected chi connectivity index (χ3v) is 4.08. The van der Waals surface area contributed by atoms with Crippen molar-refractivity contribution in [1.29, 1.82) is 0 Å². The molecule has 164 valence electrons. The number of carbonyl (C=O) groups excluding carboxylic acids is 1. The number of hydrogen-bond donors (Lipinski definition) is 1. The minimum atomic E-state index is -3.39. The van der Waals surface area contributed by atoms with E-state index >= 15 is 0 Å². The number of ether oxygens (including phenoxy) is 1. The van der Waals surface area contributed by atoms with Crippen LogP contribution >= 0.6 is 40.0 Å². The molecule has 1 amide bonds. The largest absolute Gasteiger partial charge is 0 e. The van der Waals surface area contributed by atoms with Gasteiger partial charge in [0.05, 0.1) is 6.26 Å². The number of rotatable bonds is 6. The molecule has 0 aliphatic heterocycles. The van der Waals surface area contributed by atoms with Crippen LogP contribution in [0.5, 0.6) is 11.5 Å². The van der Waals surface area contributed by atoms with Crippen molar-refractivity contribution >= 4 is 61.6 Å². The number of carbonyl (C=O) groups is 1. The third-order valence-electron chi connectivity index (χ3n) is 3.48. The van der Waals surface area contributed by atoms with Crippen molar-refractivity contribution in [3.05, 3.63) is 61.0 Å². The molecule has 0 heterocycles. The maximum Gasteiger partial charge on any atom is 0 e. The monoisotopic (exact) mass is 770 g/mol. The Bertz CT molecular complexity index is 900. The summed E-state index contributed by atoms with van der Waals surface area (Å²) in [5, 5.41) is 0. The number of halogens is 2. The molecule has 0 saturated heterocycles. The summed E-state index contributed by atoms with van der Waals surface area (Å²) >= 11 is 4.74. The molecule has 11 heteroatoms. The van der Waals surface area contributed by atoms with E-state index in [1.165, 1.54) is 11.8 Å². The van der Waals surface area contributed by atoms with Crippen molar-refractivity contribution < 1.29 is 60.1 Å². The number of sulfonamides is 1. The van der Waals surface area contributed by atoms with Crippen molar-refractivity contribution in [1.82, 2.24) is 4.90 Å². The Morgan fingerprint density at radius 2 is 1.87 bits per heavy atom. The van der Waals surface area contributed by atoms with Gasteiger partial charge in [0.15, 0.2) is 0 Å². The van der Waals surface area contributed by atoms with Gasteiger partial charge in [0, 0.05) is 70.2 Å². The Hall–Kier alpha value is 0.608. The molecule has 2 aromatic rings. The van der Waals surface area contributed by atoms with Crippen LogP contribution < -0.4 is 9.46 Å². The molecule has 2 aromatic carbocycles. The fourth-order valence-electron chi connectivity index (χ4n) is 2.13. The van der Waals surface area contributed by atoms with E-state index in [1.54, 1.807) is 31.3 Å². The third kappa shape index (κ3) is 13.2. The van der Waals surface area contributed by atoms with Crippen LogP contribution in [0.3, 0.4) is 0 Å². The number of aryl methyl sites for hydroxylation is 1. The van der Waals surface area contributed by atoms with E-state index in [-0.39, 0.29) is 46.0 Å². The van der Waals surface area contributed by atoms with E-state index in [4.69, 9.17) is 4.74 Å². The molecule has 2 rings (SSSR count). The van der Waals surface area contributed by atoms with Gasteiger partial charge in [-0.1, -0.05) is 6.92 Å². The van der Waals surface area contributed by atoms with E-state index in [1.807, 2.05) is 19.1 Å². The molecule has 0 spiro atoms. The summed E-state index contributed by atoms with van der Waals surface area (Å²) in [7, 11) is -1.10. The minimum absolute atomic E-state index is 0. The molecule has 1 N–H and O–H groups in total. The zero-order valence-corrected chi connectivity index (χ0v) is 26.8. The summed E-state index contributed by atoms with van der Waals surface area (Å²) in [4.78, 5) is 13.1. The van der Waals surface area contributed by atoms with Crippen LogP contribution in [0.2, 0.25) is 0 Å². The Kier molecular flexibility index (Phi) is 17.8. The van der Waals surface area contributed by atoms with Gasteiger partial charge < -0.3 is 17.1 Å². The topological polar surface area (TPSA) is 75.7 Å². The molecule has 0 atom stereocenters. The first-order valence-electron chi connectivity index (χ1n) is 7.96. The second kappa shape index (κ2) is 16.3. The second-order valence-corrected chi connectivity index (χ2v) is 19.5. The summed E-state index contributed by atoms with van der Waals surface area (Å²) < 4.78 is 31.2. The zero-order chi connectivity index (χ0) is 21.3. The van der Waals surface area contributed by atoms with Crippen LogP contribution in [0.15, 0.2) is 36.4 Å². The average Bonchev–Trinajstić information content (AvgIpc) is 2.58. The first kappa shape index (κ1) is 32.8. The van der Waals surface area contributed by atoms with Gasteiger partial charge in [-0.25, -0.2) is 8.42 Å². The summed E-state index contributed by atoms with van der Waals surface area (Å²) in [6.07, 6.45) is 1.08. The second-order valence-electron chi connectivity index (χ2n) is 5.95. The maximum atomic E-state index is 11.5. The minimum Gasteiger partial charge on any atom is 0 e. The van der Waals surface area contributed by atoms with Crippen LogP contribution in [0, 0.1) is 20.4 Å². The zero-order valence-electron chi connectivity index (χ0n) is 17.4. The van der Waals surface area contributed by atoms with E-state index < -0.39 is 10.0 Å². The van der Waals surface area contributed by atoms with Gasteiger partial charge in [-0.2, -0.15) is 17.7 Å². The average molecular weight is 770 g/mol. The molecule has 30 heavy (non-hydrogen) atoms. The van der Waals surface area contributed by atoms with Gasteiger partial charge >= 0.3 is 49.4 Å². The number of benzene rings is 2. The predicted octanol–water partition coefficient (Wildman–Crippen LogP) is 5.15. The molecule has 0 aromatic heterocycles. The quantitative estimate of drug-likeness (QED) is 0.326. The smallest absolute Gasteiger partial charge is 0 e. The Balaban J connectivity index is 0. The van der Waals surface area contributed by atoms with Crippen LogP contribution in [0.4, 0.5) is 5.69 Å². The Morgan fingerprint density at radius 3 is 2.33 bits per heavy atom. The molecule has 0 unspecified atom stereocenters. The Morgan fingerprint density at radius 1 is 1.27 bits per heavy atom. The number of amides is 1. The molecular formula is C19H24I2N2O4SVY-2. The number of anilines is 1. The van der Waals surface area contributed by atoms with E-state index in [9.17, 15) is 13.2 Å². The van der Waals surface area contributed by atoms with E-state index in [2.05, 4.69) is 50.7 Å². The van der Waals surface area contributed by atoms with Gasteiger partial charge in [-0.05, 0) is 18.2 Å².